The van der Waals surface area contributed by atoms with E-state index in [2.05, 4.69) is 31.1 Å². The van der Waals surface area contributed by atoms with E-state index in [0.29, 0.717) is 0 Å². The summed E-state index contributed by atoms with van der Waals surface area (Å²) in [5.74, 6) is 0.932. The van der Waals surface area contributed by atoms with Gasteiger partial charge in [0.05, 0.1) is 10.7 Å². The van der Waals surface area contributed by atoms with Gasteiger partial charge in [-0.15, -0.1) is 23.7 Å². The fourth-order valence-corrected chi connectivity index (χ4v) is 3.92. The Bertz CT molecular complexity index is 516. The van der Waals surface area contributed by atoms with Crippen molar-refractivity contribution in [2.24, 2.45) is 5.92 Å². The van der Waals surface area contributed by atoms with Gasteiger partial charge in [0.25, 0.3) is 5.91 Å². The second-order valence-corrected chi connectivity index (χ2v) is 8.31. The summed E-state index contributed by atoms with van der Waals surface area (Å²) < 4.78 is 0. The molecule has 0 aliphatic carbocycles. The number of nitrogens with one attached hydrogen (secondary N) is 1. The minimum atomic E-state index is 0. The quantitative estimate of drug-likeness (QED) is 0.892. The summed E-state index contributed by atoms with van der Waals surface area (Å²) in [6.45, 7) is 11.2. The van der Waals surface area contributed by atoms with E-state index in [4.69, 9.17) is 0 Å². The van der Waals surface area contributed by atoms with E-state index in [0.717, 1.165) is 54.0 Å². The maximum atomic E-state index is 12.8. The molecule has 2 rings (SSSR count). The molecule has 1 aromatic rings. The summed E-state index contributed by atoms with van der Waals surface area (Å²) >= 11 is 1.57. The Morgan fingerprint density at radius 3 is 2.43 bits per heavy atom. The molecule has 23 heavy (non-hydrogen) atoms. The summed E-state index contributed by atoms with van der Waals surface area (Å²) in [6, 6.07) is 0. The summed E-state index contributed by atoms with van der Waals surface area (Å²) in [5.41, 5.74) is 0.894. The van der Waals surface area contributed by atoms with Crippen molar-refractivity contribution in [2.45, 2.75) is 52.4 Å². The molecule has 0 aromatic carbocycles. The van der Waals surface area contributed by atoms with E-state index in [-0.39, 0.29) is 23.7 Å². The van der Waals surface area contributed by atoms with Gasteiger partial charge >= 0.3 is 0 Å². The van der Waals surface area contributed by atoms with Crippen molar-refractivity contribution in [1.82, 2.24) is 15.2 Å². The third-order valence-corrected chi connectivity index (χ3v) is 5.91. The molecule has 1 N–H and O–H groups in total. The molecular weight excluding hydrogens is 330 g/mol. The first-order valence-corrected chi connectivity index (χ1v) is 9.06. The normalized spacial score (nSPS) is 16.3. The Morgan fingerprint density at radius 2 is 1.96 bits per heavy atom. The summed E-state index contributed by atoms with van der Waals surface area (Å²) in [4.78, 5) is 20.2. The van der Waals surface area contributed by atoms with Crippen LogP contribution in [0.5, 0.6) is 0 Å². The first-order chi connectivity index (χ1) is 10.3. The van der Waals surface area contributed by atoms with Gasteiger partial charge in [-0.25, -0.2) is 4.98 Å². The number of thiazole rings is 1. The van der Waals surface area contributed by atoms with Crippen molar-refractivity contribution < 1.29 is 4.79 Å². The Balaban J connectivity index is 0.00000264. The SMILES string of the molecule is CNCCC1CCN(C(=O)c2sc(C(C)(C)C)nc2C)CC1.Cl. The van der Waals surface area contributed by atoms with Gasteiger partial charge in [-0.2, -0.15) is 0 Å². The van der Waals surface area contributed by atoms with Crippen LogP contribution >= 0.6 is 23.7 Å². The molecule has 0 atom stereocenters. The van der Waals surface area contributed by atoms with Crippen molar-refractivity contribution in [3.63, 3.8) is 0 Å². The fraction of sp³-hybridized carbons (Fsp3) is 0.765. The second kappa shape index (κ2) is 8.45. The number of carbonyl (C=O) groups is 1. The summed E-state index contributed by atoms with van der Waals surface area (Å²) in [5, 5.41) is 4.26. The van der Waals surface area contributed by atoms with Gasteiger partial charge in [-0.05, 0) is 45.7 Å². The third-order valence-electron chi connectivity index (χ3n) is 4.34. The van der Waals surface area contributed by atoms with Crippen molar-refractivity contribution >= 4 is 29.7 Å². The van der Waals surface area contributed by atoms with Crippen LogP contribution in [0.4, 0.5) is 0 Å². The molecule has 0 spiro atoms. The first kappa shape index (κ1) is 20.4. The highest BCUT2D eigenvalue weighted by Crippen LogP contribution is 2.31. The predicted octanol–water partition coefficient (Wildman–Crippen LogP) is 3.63. The molecule has 0 bridgehead atoms. The topological polar surface area (TPSA) is 45.2 Å². The van der Waals surface area contributed by atoms with Gasteiger partial charge in [0.15, 0.2) is 0 Å². The lowest BCUT2D eigenvalue weighted by atomic mass is 9.93. The number of likely N-dealkylation sites (tertiary alicyclic amines) is 1. The standard InChI is InChI=1S/C17H29N3OS.ClH/c1-12-14(22-16(19-12)17(2,3)4)15(21)20-10-7-13(8-11-20)6-9-18-5;/h13,18H,6-11H2,1-5H3;1H. The Morgan fingerprint density at radius 1 is 1.35 bits per heavy atom. The van der Waals surface area contributed by atoms with Crippen LogP contribution in [0.15, 0.2) is 0 Å². The molecule has 1 fully saturated rings. The number of nitrogens with zero attached hydrogens (tertiary/aromatic N) is 2. The van der Waals surface area contributed by atoms with Gasteiger partial charge in [-0.1, -0.05) is 20.8 Å². The van der Waals surface area contributed by atoms with E-state index in [1.54, 1.807) is 11.3 Å². The van der Waals surface area contributed by atoms with Gasteiger partial charge in [0, 0.05) is 18.5 Å². The molecule has 6 heteroatoms. The highest BCUT2D eigenvalue weighted by atomic mass is 35.5. The van der Waals surface area contributed by atoms with E-state index >= 15 is 0 Å². The van der Waals surface area contributed by atoms with Crippen LogP contribution in [-0.2, 0) is 5.41 Å². The first-order valence-electron chi connectivity index (χ1n) is 8.24. The average molecular weight is 360 g/mol. The van der Waals surface area contributed by atoms with Crippen molar-refractivity contribution in [3.05, 3.63) is 15.6 Å². The van der Waals surface area contributed by atoms with E-state index in [9.17, 15) is 4.79 Å². The molecule has 1 aliphatic rings. The highest BCUT2D eigenvalue weighted by Gasteiger charge is 2.28. The lowest BCUT2D eigenvalue weighted by Crippen LogP contribution is -2.38. The smallest absolute Gasteiger partial charge is 0.265 e. The number of amides is 1. The predicted molar refractivity (Wildman–Crippen MR) is 100.0 cm³/mol. The van der Waals surface area contributed by atoms with Crippen LogP contribution in [0, 0.1) is 12.8 Å². The number of halogens is 1. The number of hydrogen-bond acceptors (Lipinski definition) is 4. The molecule has 1 amide bonds. The third kappa shape index (κ3) is 5.16. The second-order valence-electron chi connectivity index (χ2n) is 7.31. The van der Waals surface area contributed by atoms with Crippen molar-refractivity contribution in [3.8, 4) is 0 Å². The summed E-state index contributed by atoms with van der Waals surface area (Å²) in [7, 11) is 2.00. The molecule has 1 aromatic heterocycles. The molecule has 2 heterocycles. The number of rotatable bonds is 4. The zero-order chi connectivity index (χ0) is 16.3. The molecule has 132 valence electrons. The Hall–Kier alpha value is -0.650. The van der Waals surface area contributed by atoms with E-state index in [1.807, 2.05) is 18.9 Å². The van der Waals surface area contributed by atoms with Crippen molar-refractivity contribution in [2.75, 3.05) is 26.7 Å². The van der Waals surface area contributed by atoms with Gasteiger partial charge in [0.2, 0.25) is 0 Å². The van der Waals surface area contributed by atoms with Crippen LogP contribution in [0.3, 0.4) is 0 Å². The molecule has 0 unspecified atom stereocenters. The molecule has 0 saturated carbocycles. The number of aromatic nitrogens is 1. The maximum absolute atomic E-state index is 12.8. The molecular formula is C17H30ClN3OS. The zero-order valence-corrected chi connectivity index (χ0v) is 16.6. The van der Waals surface area contributed by atoms with Crippen LogP contribution in [0.2, 0.25) is 0 Å². The van der Waals surface area contributed by atoms with Crippen LogP contribution in [-0.4, -0.2) is 42.5 Å². The van der Waals surface area contributed by atoms with Crippen LogP contribution in [0.25, 0.3) is 0 Å². The number of aryl methyl sites for hydroxylation is 1. The van der Waals surface area contributed by atoms with Gasteiger partial charge in [0.1, 0.15) is 4.88 Å². The molecule has 1 saturated heterocycles. The van der Waals surface area contributed by atoms with E-state index < -0.39 is 0 Å². The zero-order valence-electron chi connectivity index (χ0n) is 14.9. The van der Waals surface area contributed by atoms with E-state index in [1.165, 1.54) is 6.42 Å². The highest BCUT2D eigenvalue weighted by molar-refractivity contribution is 7.14. The van der Waals surface area contributed by atoms with Gasteiger partial charge in [-0.3, -0.25) is 4.79 Å². The number of piperidine rings is 1. The lowest BCUT2D eigenvalue weighted by Gasteiger charge is -2.31. The van der Waals surface area contributed by atoms with Crippen molar-refractivity contribution in [1.29, 1.82) is 0 Å². The Kier molecular flexibility index (Phi) is 7.49. The average Bonchev–Trinajstić information content (AvgIpc) is 2.87. The van der Waals surface area contributed by atoms with Gasteiger partial charge < -0.3 is 10.2 Å². The minimum absolute atomic E-state index is 0. The Labute approximate surface area is 150 Å². The monoisotopic (exact) mass is 359 g/mol. The number of carbonyl (C=O) groups excluding carboxylic acids is 1. The maximum Gasteiger partial charge on any atom is 0.265 e. The number of hydrogen-bond donors (Lipinski definition) is 1. The minimum Gasteiger partial charge on any atom is -0.338 e. The fourth-order valence-electron chi connectivity index (χ4n) is 2.83. The molecule has 1 aliphatic heterocycles. The van der Waals surface area contributed by atoms with Crippen LogP contribution < -0.4 is 5.32 Å². The lowest BCUT2D eigenvalue weighted by molar-refractivity contribution is 0.0691. The summed E-state index contributed by atoms with van der Waals surface area (Å²) in [6.07, 6.45) is 3.46. The largest absolute Gasteiger partial charge is 0.338 e. The molecule has 0 radical (unpaired) electrons. The molecule has 4 nitrogen and oxygen atoms in total. The van der Waals surface area contributed by atoms with Crippen LogP contribution in [0.1, 0.15) is 60.4 Å².